The van der Waals surface area contributed by atoms with E-state index in [9.17, 15) is 0 Å². The SMILES string of the molecule is COCCNC(=S)N(C)CCc1cccs1. The lowest BCUT2D eigenvalue weighted by atomic mass is 10.3. The quantitative estimate of drug-likeness (QED) is 0.620. The van der Waals surface area contributed by atoms with Gasteiger partial charge >= 0.3 is 0 Å². The van der Waals surface area contributed by atoms with Gasteiger partial charge in [-0.05, 0) is 30.1 Å². The largest absolute Gasteiger partial charge is 0.383 e. The van der Waals surface area contributed by atoms with Crippen LogP contribution in [0.4, 0.5) is 0 Å². The molecule has 0 amide bonds. The molecule has 1 aromatic rings. The molecular weight excluding hydrogens is 240 g/mol. The standard InChI is InChI=1S/C11H18N2OS2/c1-13(11(15)12-6-8-14-2)7-5-10-4-3-9-16-10/h3-4,9H,5-8H2,1-2H3,(H,12,15). The highest BCUT2D eigenvalue weighted by molar-refractivity contribution is 7.80. The van der Waals surface area contributed by atoms with Crippen molar-refractivity contribution in [1.82, 2.24) is 10.2 Å². The maximum Gasteiger partial charge on any atom is 0.168 e. The average Bonchev–Trinajstić information content (AvgIpc) is 2.79. The van der Waals surface area contributed by atoms with E-state index < -0.39 is 0 Å². The van der Waals surface area contributed by atoms with Gasteiger partial charge in [0.05, 0.1) is 6.61 Å². The fraction of sp³-hybridized carbons (Fsp3) is 0.545. The fourth-order valence-electron chi connectivity index (χ4n) is 1.23. The van der Waals surface area contributed by atoms with Gasteiger partial charge in [0.1, 0.15) is 0 Å². The molecule has 0 saturated heterocycles. The summed E-state index contributed by atoms with van der Waals surface area (Å²) < 4.78 is 4.95. The Hall–Kier alpha value is -0.650. The fourth-order valence-corrected chi connectivity index (χ4v) is 2.12. The maximum atomic E-state index is 5.25. The molecule has 3 nitrogen and oxygen atoms in total. The molecule has 16 heavy (non-hydrogen) atoms. The molecule has 0 aliphatic rings. The first-order chi connectivity index (χ1) is 7.74. The molecule has 5 heteroatoms. The van der Waals surface area contributed by atoms with Gasteiger partial charge in [-0.1, -0.05) is 6.07 Å². The predicted octanol–water partition coefficient (Wildman–Crippen LogP) is 1.74. The second-order valence-corrected chi connectivity index (χ2v) is 4.89. The van der Waals surface area contributed by atoms with Gasteiger partial charge < -0.3 is 15.0 Å². The molecule has 90 valence electrons. The molecular formula is C11H18N2OS2. The Morgan fingerprint density at radius 2 is 2.44 bits per heavy atom. The third-order valence-electron chi connectivity index (χ3n) is 2.20. The molecule has 0 bridgehead atoms. The summed E-state index contributed by atoms with van der Waals surface area (Å²) in [7, 11) is 3.70. The molecule has 0 radical (unpaired) electrons. The molecule has 0 aliphatic carbocycles. The molecule has 0 saturated carbocycles. The third-order valence-corrected chi connectivity index (χ3v) is 3.60. The van der Waals surface area contributed by atoms with Crippen LogP contribution in [0.1, 0.15) is 4.88 Å². The number of thiophene rings is 1. The van der Waals surface area contributed by atoms with Crippen molar-refractivity contribution in [2.24, 2.45) is 0 Å². The zero-order valence-electron chi connectivity index (χ0n) is 9.73. The smallest absolute Gasteiger partial charge is 0.168 e. The van der Waals surface area contributed by atoms with Gasteiger partial charge in [-0.15, -0.1) is 11.3 Å². The zero-order valence-corrected chi connectivity index (χ0v) is 11.4. The lowest BCUT2D eigenvalue weighted by Gasteiger charge is -2.20. The number of thiocarbonyl (C=S) groups is 1. The first-order valence-corrected chi connectivity index (χ1v) is 6.53. The van der Waals surface area contributed by atoms with E-state index >= 15 is 0 Å². The first-order valence-electron chi connectivity index (χ1n) is 5.24. The van der Waals surface area contributed by atoms with Crippen LogP contribution in [0, 0.1) is 0 Å². The Bertz CT molecular complexity index is 301. The van der Waals surface area contributed by atoms with Crippen molar-refractivity contribution in [3.8, 4) is 0 Å². The zero-order chi connectivity index (χ0) is 11.8. The van der Waals surface area contributed by atoms with Gasteiger partial charge in [0.2, 0.25) is 0 Å². The number of nitrogens with zero attached hydrogens (tertiary/aromatic N) is 1. The predicted molar refractivity (Wildman–Crippen MR) is 73.1 cm³/mol. The lowest BCUT2D eigenvalue weighted by molar-refractivity contribution is 0.203. The minimum Gasteiger partial charge on any atom is -0.383 e. The Kier molecular flexibility index (Phi) is 6.37. The van der Waals surface area contributed by atoms with E-state index in [-0.39, 0.29) is 0 Å². The van der Waals surface area contributed by atoms with E-state index in [1.165, 1.54) is 4.88 Å². The van der Waals surface area contributed by atoms with Gasteiger partial charge in [-0.2, -0.15) is 0 Å². The van der Waals surface area contributed by atoms with Crippen LogP contribution in [0.3, 0.4) is 0 Å². The topological polar surface area (TPSA) is 24.5 Å². The van der Waals surface area contributed by atoms with Crippen LogP contribution < -0.4 is 5.32 Å². The molecule has 0 spiro atoms. The molecule has 1 N–H and O–H groups in total. The van der Waals surface area contributed by atoms with E-state index in [4.69, 9.17) is 17.0 Å². The van der Waals surface area contributed by atoms with Crippen molar-refractivity contribution in [3.05, 3.63) is 22.4 Å². The molecule has 0 unspecified atom stereocenters. The molecule has 0 atom stereocenters. The Morgan fingerprint density at radius 1 is 1.62 bits per heavy atom. The highest BCUT2D eigenvalue weighted by Crippen LogP contribution is 2.09. The van der Waals surface area contributed by atoms with Crippen molar-refractivity contribution in [2.45, 2.75) is 6.42 Å². The molecule has 0 aromatic carbocycles. The van der Waals surface area contributed by atoms with Crippen molar-refractivity contribution >= 4 is 28.7 Å². The summed E-state index contributed by atoms with van der Waals surface area (Å²) in [5.74, 6) is 0. The van der Waals surface area contributed by atoms with Crippen LogP contribution >= 0.6 is 23.6 Å². The first kappa shape index (κ1) is 13.4. The number of nitrogens with one attached hydrogen (secondary N) is 1. The number of methoxy groups -OCH3 is 1. The van der Waals surface area contributed by atoms with Crippen LogP contribution in [0.5, 0.6) is 0 Å². The summed E-state index contributed by atoms with van der Waals surface area (Å²) in [5.41, 5.74) is 0. The molecule has 1 aromatic heterocycles. The van der Waals surface area contributed by atoms with Gasteiger partial charge in [-0.3, -0.25) is 0 Å². The maximum absolute atomic E-state index is 5.25. The summed E-state index contributed by atoms with van der Waals surface area (Å²) in [6.07, 6.45) is 1.04. The van der Waals surface area contributed by atoms with E-state index in [2.05, 4.69) is 27.7 Å². The average molecular weight is 258 g/mol. The number of hydrogen-bond acceptors (Lipinski definition) is 3. The molecule has 1 heterocycles. The van der Waals surface area contributed by atoms with Crippen LogP contribution in [-0.2, 0) is 11.2 Å². The van der Waals surface area contributed by atoms with E-state index in [1.807, 2.05) is 7.05 Å². The lowest BCUT2D eigenvalue weighted by Crippen LogP contribution is -2.39. The summed E-state index contributed by atoms with van der Waals surface area (Å²) in [6, 6.07) is 4.23. The van der Waals surface area contributed by atoms with E-state index in [0.29, 0.717) is 6.61 Å². The van der Waals surface area contributed by atoms with Crippen LogP contribution in [-0.4, -0.2) is 43.9 Å². The van der Waals surface area contributed by atoms with Crippen LogP contribution in [0.25, 0.3) is 0 Å². The number of rotatable bonds is 6. The van der Waals surface area contributed by atoms with E-state index in [1.54, 1.807) is 18.4 Å². The second-order valence-electron chi connectivity index (χ2n) is 3.48. The van der Waals surface area contributed by atoms with Crippen LogP contribution in [0.15, 0.2) is 17.5 Å². The second kappa shape index (κ2) is 7.60. The Morgan fingerprint density at radius 3 is 3.06 bits per heavy atom. The van der Waals surface area contributed by atoms with Gasteiger partial charge in [0.15, 0.2) is 5.11 Å². The number of hydrogen-bond donors (Lipinski definition) is 1. The van der Waals surface area contributed by atoms with Gasteiger partial charge in [-0.25, -0.2) is 0 Å². The van der Waals surface area contributed by atoms with Gasteiger partial charge in [0, 0.05) is 32.1 Å². The molecule has 0 aliphatic heterocycles. The Labute approximate surface area is 106 Å². The summed E-state index contributed by atoms with van der Waals surface area (Å²) in [6.45, 7) is 2.39. The van der Waals surface area contributed by atoms with Crippen molar-refractivity contribution in [2.75, 3.05) is 33.9 Å². The summed E-state index contributed by atoms with van der Waals surface area (Å²) in [5, 5.41) is 6.04. The monoisotopic (exact) mass is 258 g/mol. The van der Waals surface area contributed by atoms with E-state index in [0.717, 1.165) is 24.6 Å². The van der Waals surface area contributed by atoms with Crippen molar-refractivity contribution < 1.29 is 4.74 Å². The molecule has 1 rings (SSSR count). The third kappa shape index (κ3) is 4.92. The van der Waals surface area contributed by atoms with Crippen LogP contribution in [0.2, 0.25) is 0 Å². The summed E-state index contributed by atoms with van der Waals surface area (Å²) in [4.78, 5) is 3.46. The van der Waals surface area contributed by atoms with Crippen molar-refractivity contribution in [3.63, 3.8) is 0 Å². The normalized spacial score (nSPS) is 10.1. The minimum atomic E-state index is 0.679. The van der Waals surface area contributed by atoms with Gasteiger partial charge in [0.25, 0.3) is 0 Å². The minimum absolute atomic E-state index is 0.679. The molecule has 0 fully saturated rings. The highest BCUT2D eigenvalue weighted by atomic mass is 32.1. The number of ether oxygens (including phenoxy) is 1. The number of likely N-dealkylation sites (N-methyl/N-ethyl adjacent to an activating group) is 1. The highest BCUT2D eigenvalue weighted by Gasteiger charge is 2.03. The van der Waals surface area contributed by atoms with Crippen molar-refractivity contribution in [1.29, 1.82) is 0 Å². The Balaban J connectivity index is 2.18. The summed E-state index contributed by atoms with van der Waals surface area (Å²) >= 11 is 7.04.